The van der Waals surface area contributed by atoms with E-state index in [1.54, 1.807) is 24.3 Å². The molecule has 0 bridgehead atoms. The molecule has 0 atom stereocenters. The van der Waals surface area contributed by atoms with Gasteiger partial charge in [0.2, 0.25) is 0 Å². The Balaban J connectivity index is 0.000000256. The van der Waals surface area contributed by atoms with E-state index >= 15 is 0 Å². The van der Waals surface area contributed by atoms with Gasteiger partial charge in [-0.05, 0) is 76.2 Å². The number of rotatable bonds is 13. The monoisotopic (exact) mass is 848 g/mol. The van der Waals surface area contributed by atoms with Gasteiger partial charge in [-0.25, -0.2) is 18.3 Å². The molecule has 6 aromatic rings. The van der Waals surface area contributed by atoms with Crippen molar-refractivity contribution in [2.45, 2.75) is 77.5 Å². The normalized spacial score (nSPS) is 11.7. The van der Waals surface area contributed by atoms with E-state index in [-0.39, 0.29) is 9.79 Å². The quantitative estimate of drug-likeness (QED) is 0.0698. The van der Waals surface area contributed by atoms with Crippen molar-refractivity contribution in [3.8, 4) is 0 Å². The van der Waals surface area contributed by atoms with Crippen LogP contribution < -0.4 is 9.13 Å². The van der Waals surface area contributed by atoms with E-state index in [0.29, 0.717) is 26.4 Å². The molecule has 0 fully saturated rings. The van der Waals surface area contributed by atoms with Crippen molar-refractivity contribution in [3.63, 3.8) is 0 Å². The number of benzene rings is 4. The molecule has 0 saturated heterocycles. The van der Waals surface area contributed by atoms with Gasteiger partial charge in [0, 0.05) is 36.0 Å². The van der Waals surface area contributed by atoms with Gasteiger partial charge in [-0.15, -0.1) is 0 Å². The van der Waals surface area contributed by atoms with Crippen LogP contribution >= 0.6 is 23.2 Å². The first-order valence-electron chi connectivity index (χ1n) is 18.1. The summed E-state index contributed by atoms with van der Waals surface area (Å²) in [5, 5.41) is 1.50. The van der Waals surface area contributed by atoms with Gasteiger partial charge < -0.3 is 9.47 Å². The largest absolute Gasteiger partial charge is 0.375 e. The van der Waals surface area contributed by atoms with Crippen LogP contribution in [0.25, 0.3) is 22.1 Å². The predicted octanol–water partition coefficient (Wildman–Crippen LogP) is 7.35. The second-order valence-electron chi connectivity index (χ2n) is 13.0. The maximum absolute atomic E-state index is 10.5. The van der Waals surface area contributed by atoms with Crippen LogP contribution in [-0.4, -0.2) is 61.5 Å². The zero-order chi connectivity index (χ0) is 41.2. The van der Waals surface area contributed by atoms with Gasteiger partial charge in [-0.3, -0.25) is 9.11 Å². The lowest BCUT2D eigenvalue weighted by molar-refractivity contribution is -0.675. The molecule has 302 valence electrons. The maximum atomic E-state index is 10.5. The average molecular weight is 850 g/mol. The lowest BCUT2D eigenvalue weighted by atomic mass is 10.2. The molecule has 0 unspecified atom stereocenters. The molecule has 2 heterocycles. The third-order valence-corrected chi connectivity index (χ3v) is 11.4. The summed E-state index contributed by atoms with van der Waals surface area (Å²) in [7, 11) is -8.04. The van der Waals surface area contributed by atoms with Crippen molar-refractivity contribution in [2.24, 2.45) is 0 Å². The predicted molar refractivity (Wildman–Crippen MR) is 219 cm³/mol. The fourth-order valence-electron chi connectivity index (χ4n) is 6.29. The number of imidazole rings is 2. The molecule has 0 amide bonds. The van der Waals surface area contributed by atoms with E-state index in [1.165, 1.54) is 46.9 Å². The summed E-state index contributed by atoms with van der Waals surface area (Å²) in [4.78, 5) is -0.133. The number of halogens is 2. The standard InChI is InChI=1S/C26H34Cl2N4O2.2C7H8O3S/c1-5-29-19(3)31(25-17-21(27)7-9-23(25)29)11-13-33-15-16-34-14-12-32-20(4)30(6-2)24-10-8-22(28)18-26(24)32;2*1-6-2-4-7(5-3-6)11(8,9)10/h7-10,17-18H,5-6,11-16H2,1-4H3;2*2-5H,1H3,(H,8,9,10)/q+2;;. The Morgan fingerprint density at radius 2 is 0.893 bits per heavy atom. The number of aryl methyl sites for hydroxylation is 4. The minimum atomic E-state index is -4.02. The van der Waals surface area contributed by atoms with Crippen LogP contribution in [0, 0.1) is 27.7 Å². The Labute approximate surface area is 339 Å². The zero-order valence-electron chi connectivity index (χ0n) is 32.4. The molecule has 4 aromatic carbocycles. The lowest BCUT2D eigenvalue weighted by Gasteiger charge is -2.06. The molecule has 56 heavy (non-hydrogen) atoms. The molecule has 16 heteroatoms. The van der Waals surface area contributed by atoms with Crippen LogP contribution in [0.5, 0.6) is 0 Å². The van der Waals surface area contributed by atoms with Crippen molar-refractivity contribution < 1.29 is 44.5 Å². The summed E-state index contributed by atoms with van der Waals surface area (Å²) >= 11 is 12.5. The van der Waals surface area contributed by atoms with Crippen LogP contribution in [0.15, 0.2) is 94.7 Å². The van der Waals surface area contributed by atoms with Crippen LogP contribution in [0.3, 0.4) is 0 Å². The topological polar surface area (TPSA) is 145 Å². The summed E-state index contributed by atoms with van der Waals surface area (Å²) in [6.07, 6.45) is 0. The third-order valence-electron chi connectivity index (χ3n) is 9.16. The van der Waals surface area contributed by atoms with Gasteiger partial charge in [0.25, 0.3) is 31.9 Å². The zero-order valence-corrected chi connectivity index (χ0v) is 35.6. The Morgan fingerprint density at radius 3 is 1.20 bits per heavy atom. The highest BCUT2D eigenvalue weighted by Crippen LogP contribution is 2.21. The Bertz CT molecular complexity index is 2290. The molecular formula is C40H50Cl2N4O8S2+2. The number of hydrogen-bond acceptors (Lipinski definition) is 6. The van der Waals surface area contributed by atoms with E-state index in [2.05, 4.69) is 58.1 Å². The highest BCUT2D eigenvalue weighted by molar-refractivity contribution is 7.86. The second-order valence-corrected chi connectivity index (χ2v) is 16.7. The SMILES string of the molecule is CC[n+]1c(C)n(CCOCCOCCn2c(C)[n+](CC)c3ccc(Cl)cc32)c2cc(Cl)ccc21.Cc1ccc(S(=O)(=O)O)cc1.Cc1ccc(S(=O)(=O)O)cc1. The van der Waals surface area contributed by atoms with Crippen LogP contribution in [-0.2, 0) is 55.9 Å². The van der Waals surface area contributed by atoms with Crippen LogP contribution in [0.2, 0.25) is 10.0 Å². The molecule has 2 aromatic heterocycles. The van der Waals surface area contributed by atoms with E-state index in [1.807, 2.05) is 38.1 Å². The van der Waals surface area contributed by atoms with Crippen molar-refractivity contribution >= 4 is 65.5 Å². The first-order chi connectivity index (χ1) is 26.5. The average Bonchev–Trinajstić information content (AvgIpc) is 3.56. The van der Waals surface area contributed by atoms with Gasteiger partial charge in [-0.2, -0.15) is 16.8 Å². The number of ether oxygens (including phenoxy) is 2. The number of aromatic nitrogens is 4. The molecule has 12 nitrogen and oxygen atoms in total. The molecule has 2 N–H and O–H groups in total. The van der Waals surface area contributed by atoms with Gasteiger partial charge in [0.05, 0.1) is 49.3 Å². The summed E-state index contributed by atoms with van der Waals surface area (Å²) in [5.74, 6) is 2.41. The molecular weight excluding hydrogens is 800 g/mol. The molecule has 0 radical (unpaired) electrons. The van der Waals surface area contributed by atoms with Gasteiger partial charge in [0.1, 0.15) is 13.1 Å². The molecule has 0 spiro atoms. The van der Waals surface area contributed by atoms with Crippen molar-refractivity contribution in [2.75, 3.05) is 26.4 Å². The molecule has 0 aliphatic carbocycles. The van der Waals surface area contributed by atoms with E-state index in [9.17, 15) is 16.8 Å². The van der Waals surface area contributed by atoms with Crippen LogP contribution in [0.1, 0.15) is 36.6 Å². The Kier molecular flexibility index (Phi) is 16.0. The summed E-state index contributed by atoms with van der Waals surface area (Å²) in [6.45, 7) is 18.1. The van der Waals surface area contributed by atoms with Gasteiger partial charge in [0.15, 0.2) is 22.1 Å². The third kappa shape index (κ3) is 11.8. The number of fused-ring (bicyclic) bond motifs is 2. The first kappa shape index (κ1) is 44.8. The van der Waals surface area contributed by atoms with E-state index < -0.39 is 20.2 Å². The molecule has 6 rings (SSSR count). The lowest BCUT2D eigenvalue weighted by Crippen LogP contribution is -2.35. The van der Waals surface area contributed by atoms with E-state index in [0.717, 1.165) is 58.4 Å². The Morgan fingerprint density at radius 1 is 0.554 bits per heavy atom. The maximum Gasteiger partial charge on any atom is 0.294 e. The van der Waals surface area contributed by atoms with Crippen molar-refractivity contribution in [1.29, 1.82) is 0 Å². The highest BCUT2D eigenvalue weighted by atomic mass is 35.5. The number of hydrogen-bond donors (Lipinski definition) is 2. The first-order valence-corrected chi connectivity index (χ1v) is 21.7. The van der Waals surface area contributed by atoms with E-state index in [4.69, 9.17) is 41.8 Å². The van der Waals surface area contributed by atoms with Gasteiger partial charge in [-0.1, -0.05) is 58.6 Å². The van der Waals surface area contributed by atoms with Crippen molar-refractivity contribution in [3.05, 3.63) is 118 Å². The summed E-state index contributed by atoms with van der Waals surface area (Å²) in [5.41, 5.74) is 6.60. The molecule has 0 saturated carbocycles. The van der Waals surface area contributed by atoms with Gasteiger partial charge >= 0.3 is 0 Å². The minimum absolute atomic E-state index is 0.0666. The molecule has 0 aliphatic rings. The Hall–Kier alpha value is -3.86. The summed E-state index contributed by atoms with van der Waals surface area (Å²) < 4.78 is 80.0. The minimum Gasteiger partial charge on any atom is -0.375 e. The smallest absolute Gasteiger partial charge is 0.294 e. The fraction of sp³-hybridized carbons (Fsp3) is 0.350. The van der Waals surface area contributed by atoms with Crippen molar-refractivity contribution in [1.82, 2.24) is 9.13 Å². The number of nitrogens with zero attached hydrogens (tertiary/aromatic N) is 4. The van der Waals surface area contributed by atoms with Crippen LogP contribution in [0.4, 0.5) is 0 Å². The fourth-order valence-corrected chi connectivity index (χ4v) is 7.58. The summed E-state index contributed by atoms with van der Waals surface area (Å²) in [6, 6.07) is 24.1. The highest BCUT2D eigenvalue weighted by Gasteiger charge is 2.22. The molecule has 0 aliphatic heterocycles. The second kappa shape index (κ2) is 20.0.